The van der Waals surface area contributed by atoms with Crippen LogP contribution in [0.3, 0.4) is 0 Å². The van der Waals surface area contributed by atoms with Crippen LogP contribution >= 0.6 is 11.3 Å². The summed E-state index contributed by atoms with van der Waals surface area (Å²) in [6.45, 7) is 119. The number of halogens is 6. The molecule has 7 aromatic heterocycles. The van der Waals surface area contributed by atoms with Gasteiger partial charge < -0.3 is 38.2 Å². The van der Waals surface area contributed by atoms with Crippen LogP contribution in [0.25, 0.3) is 32.0 Å². The van der Waals surface area contributed by atoms with Gasteiger partial charge in [-0.25, -0.2) is 9.13 Å². The van der Waals surface area contributed by atoms with Gasteiger partial charge in [-0.2, -0.15) is 5.10 Å². The Hall–Kier alpha value is -4.72. The Balaban J connectivity index is 0.000000328. The maximum Gasteiger partial charge on any atom is 0.330 e. The smallest absolute Gasteiger partial charge is 0.330 e. The first-order valence-corrected chi connectivity index (χ1v) is 60.2. The zero-order valence-corrected chi connectivity index (χ0v) is 101. The second-order valence-electron chi connectivity index (χ2n) is 57.2. The number of hydrogen-bond donors (Lipinski definition) is 0. The molecule has 0 aliphatic carbocycles. The number of aromatic nitrogens is 6. The molecule has 0 saturated heterocycles. The molecule has 0 fully saturated rings. The molecule has 0 saturated carbocycles. The van der Waals surface area contributed by atoms with Crippen LogP contribution in [0, 0.1) is 0 Å². The molecule has 0 radical (unpaired) electrons. The number of thiophene rings is 1. The van der Waals surface area contributed by atoms with Gasteiger partial charge in [0, 0.05) is 54.2 Å². The number of hydrogen-bond acceptors (Lipinski definition) is 3. The molecule has 0 spiro atoms. The van der Waals surface area contributed by atoms with Crippen molar-refractivity contribution in [3.63, 3.8) is 0 Å². The summed E-state index contributed by atoms with van der Waals surface area (Å²) < 4.78 is 118. The summed E-state index contributed by atoms with van der Waals surface area (Å²) in [6, 6.07) is 35.2. The zero-order valence-electron chi connectivity index (χ0n) is 93.8. The van der Waals surface area contributed by atoms with Gasteiger partial charge >= 0.3 is 42.0 Å². The molecule has 9 rings (SSSR count). The van der Waals surface area contributed by atoms with E-state index >= 15 is 24.6 Å². The van der Waals surface area contributed by atoms with Gasteiger partial charge in [0.1, 0.15) is 27.5 Å². The molecule has 0 bridgehead atoms. The van der Waals surface area contributed by atoms with Crippen molar-refractivity contribution in [1.82, 2.24) is 23.5 Å². The molecule has 0 atom stereocenters. The summed E-state index contributed by atoms with van der Waals surface area (Å²) in [5, 5.41) is 7.62. The van der Waals surface area contributed by atoms with Crippen molar-refractivity contribution in [2.24, 2.45) is 0 Å². The van der Waals surface area contributed by atoms with E-state index in [1.54, 1.807) is 17.5 Å². The highest BCUT2D eigenvalue weighted by Crippen LogP contribution is 2.59. The summed E-state index contributed by atoms with van der Waals surface area (Å²) in [5.41, 5.74) is 2.88. The van der Waals surface area contributed by atoms with Crippen molar-refractivity contribution in [2.45, 2.75) is 494 Å². The Kier molecular flexibility index (Phi) is 33.7. The molecule has 7 nitrogen and oxygen atoms in total. The van der Waals surface area contributed by atoms with E-state index in [0.717, 1.165) is 53.5 Å². The van der Waals surface area contributed by atoms with Crippen LogP contribution in [0.2, 0.25) is 60.5 Å². The molecule has 2 aromatic carbocycles. The number of para-hydroxylation sites is 1. The maximum absolute atomic E-state index is 17.3. The molecule has 7 heterocycles. The van der Waals surface area contributed by atoms with E-state index in [0.29, 0.717) is 5.38 Å². The molecule has 0 aliphatic rings. The molecule has 738 valence electrons. The second-order valence-corrected chi connectivity index (χ2v) is 87.6. The third-order valence-electron chi connectivity index (χ3n) is 26.5. The van der Waals surface area contributed by atoms with Crippen molar-refractivity contribution in [1.29, 1.82) is 0 Å². The average molecular weight is 1930 g/mol. The fourth-order valence-electron chi connectivity index (χ4n) is 21.1. The number of benzene rings is 2. The fraction of sp³-hybridized carbons (Fsp3) is 0.691. The summed E-state index contributed by atoms with van der Waals surface area (Å²) in [5.74, 6) is 0.866. The van der Waals surface area contributed by atoms with Crippen LogP contribution in [0.5, 0.6) is 0 Å². The number of fused-ring (bicyclic) bond motifs is 3. The predicted molar refractivity (Wildman–Crippen MR) is 579 cm³/mol. The Morgan fingerprint density at radius 3 is 1.03 bits per heavy atom. The minimum absolute atomic E-state index is 0.0800. The zero-order chi connectivity index (χ0) is 103. The third kappa shape index (κ3) is 23.5. The van der Waals surface area contributed by atoms with Gasteiger partial charge in [0.15, 0.2) is 0 Å². The number of furan rings is 1. The van der Waals surface area contributed by atoms with Crippen molar-refractivity contribution in [3.05, 3.63) is 133 Å². The van der Waals surface area contributed by atoms with Crippen molar-refractivity contribution in [2.75, 3.05) is 0 Å². The average Bonchev–Trinajstić information content (AvgIpc) is 1.55. The van der Waals surface area contributed by atoms with Gasteiger partial charge in [-0.3, -0.25) is 4.68 Å². The van der Waals surface area contributed by atoms with Crippen LogP contribution < -0.4 is 35.7 Å². The van der Waals surface area contributed by atoms with Crippen LogP contribution in [0.15, 0.2) is 126 Å². The summed E-state index contributed by atoms with van der Waals surface area (Å²) in [6.07, 6.45) is 5.89. The van der Waals surface area contributed by atoms with E-state index in [4.69, 9.17) is 4.42 Å². The quantitative estimate of drug-likeness (QED) is 0.0721. The molecule has 20 heteroatoms. The van der Waals surface area contributed by atoms with Crippen molar-refractivity contribution < 1.29 is 33.6 Å². The Labute approximate surface area is 803 Å². The first kappa shape index (κ1) is 118. The van der Waals surface area contributed by atoms with Gasteiger partial charge in [0.25, 0.3) is 14.1 Å². The lowest BCUT2D eigenvalue weighted by atomic mass is 9.87. The van der Waals surface area contributed by atoms with E-state index in [1.807, 2.05) is 178 Å². The van der Waals surface area contributed by atoms with E-state index in [1.165, 1.54) is 15.6 Å². The predicted octanol–water partition coefficient (Wildman–Crippen LogP) is 33.8. The standard InChI is InChI=1S/C23H40FN2Si.C20H32FNSi.C20H31FSSi.C16H30FNSi.C16H29FOSi.C15H29FN2Si/c1-20(2,3)25-15-13-14-17-16-18(26(19(17)25)21(4,5)6)27(24,22(7,8)9)23(10,11)12;1-18(2,3)22-16-13-11-10-12-15(16)14-17(22)23(21,19(4,5)6)20(7,8)9;1-18(2,3)15-10-11-16-14(12-15)13-17(22-16)23(21,19(4,5)6)20(7,8)9;1-14(2,3)18-12-10-11-13(18)19(17,15(4,5)6)16(7,8)9;1-14(2,3)12-10-11-13(18-12)19(17,15(4,5)6)16(7,8)9;1-13(2,3)18-12(10-11-17-18)19(16,14(4,5)6)15(7,8)9/h13-16H,1-12H3;10-14H,1-9H3;10-13H,1-9H3;10-12H,1-9H3;2*10-11H,1-9H3/q+1;;;;;. The number of pyridine rings is 1. The summed E-state index contributed by atoms with van der Waals surface area (Å²) >= 11 is 1.66. The second kappa shape index (κ2) is 37.2. The van der Waals surface area contributed by atoms with Gasteiger partial charge in [-0.15, -0.1) is 11.3 Å². The molecular weight excluding hydrogens is 1740 g/mol. The van der Waals surface area contributed by atoms with E-state index in [2.05, 4.69) is 360 Å². The Morgan fingerprint density at radius 2 is 0.677 bits per heavy atom. The van der Waals surface area contributed by atoms with Gasteiger partial charge in [0.2, 0.25) is 0 Å². The lowest BCUT2D eigenvalue weighted by Crippen LogP contribution is -2.62. The highest BCUT2D eigenvalue weighted by molar-refractivity contribution is 7.31. The molecule has 9 aromatic rings. The monoisotopic (exact) mass is 1930 g/mol. The van der Waals surface area contributed by atoms with Crippen LogP contribution in [0.4, 0.5) is 24.6 Å². The topological polar surface area (TPSA) is 49.6 Å². The van der Waals surface area contributed by atoms with Gasteiger partial charge in [-0.1, -0.05) is 315 Å². The summed E-state index contributed by atoms with van der Waals surface area (Å²) in [7, 11) is -19.5. The number of rotatable bonds is 6. The summed E-state index contributed by atoms with van der Waals surface area (Å²) in [4.78, 5) is 0. The van der Waals surface area contributed by atoms with E-state index < -0.39 is 70.6 Å². The molecular formula is C110H191F6N6OSSi6+. The van der Waals surface area contributed by atoms with E-state index in [-0.39, 0.29) is 78.8 Å². The van der Waals surface area contributed by atoms with E-state index in [9.17, 15) is 0 Å². The Morgan fingerprint density at radius 1 is 0.308 bits per heavy atom. The van der Waals surface area contributed by atoms with Crippen LogP contribution in [-0.2, 0) is 38.5 Å². The highest BCUT2D eigenvalue weighted by atomic mass is 32.1. The van der Waals surface area contributed by atoms with Gasteiger partial charge in [0.05, 0.1) is 22.4 Å². The Bertz CT molecular complexity index is 5090. The molecule has 0 N–H and O–H groups in total. The lowest BCUT2D eigenvalue weighted by Gasteiger charge is -2.46. The molecule has 130 heavy (non-hydrogen) atoms. The van der Waals surface area contributed by atoms with Crippen molar-refractivity contribution in [3.8, 4) is 0 Å². The van der Waals surface area contributed by atoms with Gasteiger partial charge in [-0.05, 0) is 265 Å². The molecule has 0 aliphatic heterocycles. The van der Waals surface area contributed by atoms with Crippen LogP contribution in [-0.4, -0.2) is 73.9 Å². The lowest BCUT2D eigenvalue weighted by molar-refractivity contribution is -0.733. The highest BCUT2D eigenvalue weighted by Gasteiger charge is 2.66. The first-order chi connectivity index (χ1) is 56.9. The largest absolute Gasteiger partial charge is 0.467 e. The van der Waals surface area contributed by atoms with Crippen molar-refractivity contribution >= 4 is 125 Å². The number of nitrogens with zero attached hydrogens (tertiary/aromatic N) is 6. The molecule has 0 amide bonds. The maximum atomic E-state index is 17.3. The van der Waals surface area contributed by atoms with Crippen LogP contribution in [0.1, 0.15) is 406 Å². The minimum Gasteiger partial charge on any atom is -0.467 e. The third-order valence-corrected chi connectivity index (χ3v) is 59.5. The first-order valence-electron chi connectivity index (χ1n) is 48.1. The molecule has 0 unspecified atom stereocenters. The normalized spacial score (nSPS) is 14.7. The SMILES string of the molecule is CC(C)(C)c1ccc([Si](F)(C(C)(C)C)C(C)(C)C)o1.CC(C)(C)c1ccc2sc([Si](F)(C(C)(C)C)C(C)(C)C)cc2c1.CC(C)(C)n1c([Si](F)(C(C)(C)C)C(C)(C)C)cc2ccc[n+](C(C)(C)C)c21.CC(C)(C)n1c([Si](F)(C(C)(C)C)C(C)(C)C)cc2ccccc21.CC(C)(C)n1cccc1[Si](F)(C(C)(C)C)C(C)(C)C.CC(C)(C)n1nccc1[Si](F)(C(C)(C)C)C(C)(C)C. The fourth-order valence-corrected chi connectivity index (χ4v) is 52.4. The minimum atomic E-state index is -3.40.